The van der Waals surface area contributed by atoms with Gasteiger partial charge in [0.25, 0.3) is 0 Å². The maximum atomic E-state index is 12.1. The third-order valence-electron chi connectivity index (χ3n) is 3.74. The van der Waals surface area contributed by atoms with Crippen LogP contribution in [0.5, 0.6) is 0 Å². The molecule has 8 heteroatoms. The van der Waals surface area contributed by atoms with E-state index in [0.717, 1.165) is 0 Å². The van der Waals surface area contributed by atoms with Gasteiger partial charge >= 0.3 is 5.97 Å². The van der Waals surface area contributed by atoms with Crippen molar-refractivity contribution in [3.05, 3.63) is 30.3 Å². The molecular weight excluding hydrogens is 336 g/mol. The highest BCUT2D eigenvalue weighted by atomic mass is 16.5. The normalized spacial score (nSPS) is 12.6. The number of hydrogen-bond acceptors (Lipinski definition) is 6. The summed E-state index contributed by atoms with van der Waals surface area (Å²) in [6.07, 6.45) is 3.01. The van der Waals surface area contributed by atoms with E-state index in [2.05, 4.69) is 20.4 Å². The van der Waals surface area contributed by atoms with E-state index in [-0.39, 0.29) is 24.2 Å². The van der Waals surface area contributed by atoms with Crippen molar-refractivity contribution >= 4 is 11.9 Å². The van der Waals surface area contributed by atoms with E-state index < -0.39 is 12.0 Å². The Morgan fingerprint density at radius 2 is 2.08 bits per heavy atom. The van der Waals surface area contributed by atoms with Crippen LogP contribution in [-0.4, -0.2) is 38.1 Å². The summed E-state index contributed by atoms with van der Waals surface area (Å²) in [5.41, 5.74) is 0.587. The second-order valence-electron chi connectivity index (χ2n) is 7.28. The molecule has 0 saturated carbocycles. The number of rotatable bonds is 8. The van der Waals surface area contributed by atoms with Crippen molar-refractivity contribution in [2.75, 3.05) is 0 Å². The quantitative estimate of drug-likeness (QED) is 0.742. The molecule has 0 radical (unpaired) electrons. The molecule has 0 saturated heterocycles. The lowest BCUT2D eigenvalue weighted by molar-refractivity contribution is -0.142. The summed E-state index contributed by atoms with van der Waals surface area (Å²) in [5.74, 6) is -0.723. The molecule has 2 aromatic rings. The van der Waals surface area contributed by atoms with Crippen LogP contribution < -0.4 is 5.32 Å². The van der Waals surface area contributed by atoms with E-state index in [9.17, 15) is 14.7 Å². The number of carbonyl (C=O) groups is 2. The zero-order valence-electron chi connectivity index (χ0n) is 15.2. The van der Waals surface area contributed by atoms with Gasteiger partial charge in [-0.05, 0) is 30.4 Å². The van der Waals surface area contributed by atoms with Crippen LogP contribution in [0.3, 0.4) is 0 Å². The van der Waals surface area contributed by atoms with Crippen molar-refractivity contribution in [1.29, 1.82) is 0 Å². The molecule has 0 aliphatic carbocycles. The van der Waals surface area contributed by atoms with Gasteiger partial charge in [0.05, 0.1) is 0 Å². The molecule has 0 aliphatic rings. The van der Waals surface area contributed by atoms with E-state index in [1.165, 1.54) is 0 Å². The van der Waals surface area contributed by atoms with Gasteiger partial charge in [-0.15, -0.1) is 0 Å². The molecule has 1 unspecified atom stereocenters. The second-order valence-corrected chi connectivity index (χ2v) is 7.28. The first kappa shape index (κ1) is 19.6. The molecule has 0 aliphatic heterocycles. The van der Waals surface area contributed by atoms with Crippen molar-refractivity contribution in [3.8, 4) is 11.5 Å². The van der Waals surface area contributed by atoms with Gasteiger partial charge in [0, 0.05) is 19.0 Å². The van der Waals surface area contributed by atoms with Crippen LogP contribution in [0.4, 0.5) is 0 Å². The molecule has 1 atom stereocenters. The zero-order valence-corrected chi connectivity index (χ0v) is 15.2. The number of pyridine rings is 1. The lowest BCUT2D eigenvalue weighted by atomic mass is 9.88. The molecule has 26 heavy (non-hydrogen) atoms. The topological polar surface area (TPSA) is 118 Å². The standard InChI is InChI=1S/C18H24N4O4/c1-18(2,3)10-9-13(17(24)25)20-14(23)7-8-15-21-16(22-26-15)12-6-4-5-11-19-12/h4-6,11,13H,7-10H2,1-3H3,(H,20,23)(H,24,25). The molecule has 2 heterocycles. The third-order valence-corrected chi connectivity index (χ3v) is 3.74. The van der Waals surface area contributed by atoms with Crippen molar-refractivity contribution in [2.24, 2.45) is 5.41 Å². The Balaban J connectivity index is 1.86. The summed E-state index contributed by atoms with van der Waals surface area (Å²) in [6.45, 7) is 6.09. The number of nitrogens with one attached hydrogen (secondary N) is 1. The minimum atomic E-state index is -1.03. The van der Waals surface area contributed by atoms with Crippen LogP contribution in [0.1, 0.15) is 45.9 Å². The number of aryl methyl sites for hydroxylation is 1. The number of carbonyl (C=O) groups excluding carboxylic acids is 1. The van der Waals surface area contributed by atoms with Gasteiger partial charge < -0.3 is 14.9 Å². The fourth-order valence-electron chi connectivity index (χ4n) is 2.28. The van der Waals surface area contributed by atoms with Crippen LogP contribution >= 0.6 is 0 Å². The predicted octanol–water partition coefficient (Wildman–Crippen LogP) is 2.46. The molecule has 0 bridgehead atoms. The fourth-order valence-corrected chi connectivity index (χ4v) is 2.28. The van der Waals surface area contributed by atoms with Gasteiger partial charge in [-0.2, -0.15) is 4.98 Å². The molecule has 1 amide bonds. The van der Waals surface area contributed by atoms with Crippen LogP contribution in [0.15, 0.2) is 28.9 Å². The largest absolute Gasteiger partial charge is 0.480 e. The van der Waals surface area contributed by atoms with Gasteiger partial charge in [-0.25, -0.2) is 4.79 Å². The highest BCUT2D eigenvalue weighted by molar-refractivity contribution is 5.83. The van der Waals surface area contributed by atoms with Crippen molar-refractivity contribution in [2.45, 2.75) is 52.5 Å². The molecular formula is C18H24N4O4. The summed E-state index contributed by atoms with van der Waals surface area (Å²) in [7, 11) is 0. The van der Waals surface area contributed by atoms with E-state index in [0.29, 0.717) is 30.3 Å². The molecule has 2 aromatic heterocycles. The number of amides is 1. The predicted molar refractivity (Wildman–Crippen MR) is 94.1 cm³/mol. The number of aliphatic carboxylic acids is 1. The van der Waals surface area contributed by atoms with Gasteiger partial charge in [0.1, 0.15) is 11.7 Å². The SMILES string of the molecule is CC(C)(C)CCC(NC(=O)CCc1nc(-c2ccccn2)no1)C(=O)O. The van der Waals surface area contributed by atoms with E-state index in [1.54, 1.807) is 18.3 Å². The van der Waals surface area contributed by atoms with Crippen molar-refractivity contribution in [3.63, 3.8) is 0 Å². The number of hydrogen-bond donors (Lipinski definition) is 2. The molecule has 2 N–H and O–H groups in total. The Hall–Kier alpha value is -2.77. The minimum Gasteiger partial charge on any atom is -0.480 e. The van der Waals surface area contributed by atoms with Crippen molar-refractivity contribution in [1.82, 2.24) is 20.4 Å². The average Bonchev–Trinajstić information content (AvgIpc) is 3.05. The van der Waals surface area contributed by atoms with Gasteiger partial charge in [0.2, 0.25) is 17.6 Å². The summed E-state index contributed by atoms with van der Waals surface area (Å²) >= 11 is 0. The monoisotopic (exact) mass is 360 g/mol. The van der Waals surface area contributed by atoms with Gasteiger partial charge in [-0.1, -0.05) is 32.0 Å². The smallest absolute Gasteiger partial charge is 0.326 e. The minimum absolute atomic E-state index is 0.00403. The lowest BCUT2D eigenvalue weighted by Gasteiger charge is -2.21. The highest BCUT2D eigenvalue weighted by Crippen LogP contribution is 2.21. The third kappa shape index (κ3) is 6.27. The van der Waals surface area contributed by atoms with Gasteiger partial charge in [-0.3, -0.25) is 9.78 Å². The highest BCUT2D eigenvalue weighted by Gasteiger charge is 2.23. The molecule has 0 spiro atoms. The summed E-state index contributed by atoms with van der Waals surface area (Å²) in [6, 6.07) is 4.46. The Bertz CT molecular complexity index is 737. The maximum Gasteiger partial charge on any atom is 0.326 e. The number of carboxylic acid groups (broad SMARTS) is 1. The summed E-state index contributed by atoms with van der Waals surface area (Å²) < 4.78 is 5.12. The molecule has 140 valence electrons. The fraction of sp³-hybridized carbons (Fsp3) is 0.500. The number of aromatic nitrogens is 3. The summed E-state index contributed by atoms with van der Waals surface area (Å²) in [4.78, 5) is 31.7. The van der Waals surface area contributed by atoms with Crippen LogP contribution in [0.2, 0.25) is 0 Å². The molecule has 8 nitrogen and oxygen atoms in total. The van der Waals surface area contributed by atoms with E-state index >= 15 is 0 Å². The number of nitrogens with zero attached hydrogens (tertiary/aromatic N) is 3. The van der Waals surface area contributed by atoms with Gasteiger partial charge in [0.15, 0.2) is 0 Å². The van der Waals surface area contributed by atoms with E-state index in [4.69, 9.17) is 4.52 Å². The van der Waals surface area contributed by atoms with Crippen LogP contribution in [0.25, 0.3) is 11.5 Å². The Morgan fingerprint density at radius 1 is 1.31 bits per heavy atom. The summed E-state index contributed by atoms with van der Waals surface area (Å²) in [5, 5.41) is 15.7. The first-order chi connectivity index (χ1) is 12.2. The maximum absolute atomic E-state index is 12.1. The molecule has 0 aromatic carbocycles. The second kappa shape index (κ2) is 8.55. The van der Waals surface area contributed by atoms with Crippen LogP contribution in [-0.2, 0) is 16.0 Å². The first-order valence-corrected chi connectivity index (χ1v) is 8.51. The Labute approximate surface area is 152 Å². The molecule has 2 rings (SSSR count). The lowest BCUT2D eigenvalue weighted by Crippen LogP contribution is -2.41. The van der Waals surface area contributed by atoms with E-state index in [1.807, 2.05) is 26.8 Å². The van der Waals surface area contributed by atoms with Crippen LogP contribution in [0, 0.1) is 5.41 Å². The first-order valence-electron chi connectivity index (χ1n) is 8.51. The number of carboxylic acids is 1. The Kier molecular flexibility index (Phi) is 6.43. The average molecular weight is 360 g/mol. The Morgan fingerprint density at radius 3 is 2.69 bits per heavy atom. The molecule has 0 fully saturated rings. The van der Waals surface area contributed by atoms with Crippen molar-refractivity contribution < 1.29 is 19.2 Å². The zero-order chi connectivity index (χ0) is 19.2.